The molecule has 112 valence electrons. The Bertz CT molecular complexity index is 559. The summed E-state index contributed by atoms with van der Waals surface area (Å²) in [7, 11) is -3.39. The maximum Gasteiger partial charge on any atom is 0.240 e. The van der Waals surface area contributed by atoms with Crippen LogP contribution < -0.4 is 4.72 Å². The van der Waals surface area contributed by atoms with Crippen molar-refractivity contribution in [1.82, 2.24) is 4.72 Å². The van der Waals surface area contributed by atoms with Crippen LogP contribution in [-0.4, -0.2) is 14.5 Å². The van der Waals surface area contributed by atoms with E-state index in [1.54, 1.807) is 12.1 Å². The van der Waals surface area contributed by atoms with Gasteiger partial charge in [0, 0.05) is 6.04 Å². The van der Waals surface area contributed by atoms with Crippen LogP contribution in [0.3, 0.4) is 0 Å². The van der Waals surface area contributed by atoms with E-state index in [9.17, 15) is 8.42 Å². The van der Waals surface area contributed by atoms with Crippen molar-refractivity contribution >= 4 is 10.0 Å². The van der Waals surface area contributed by atoms with Crippen molar-refractivity contribution in [2.75, 3.05) is 0 Å². The summed E-state index contributed by atoms with van der Waals surface area (Å²) in [6.45, 7) is 8.59. The monoisotopic (exact) mass is 295 g/mol. The lowest BCUT2D eigenvalue weighted by Gasteiger charge is -2.18. The highest BCUT2D eigenvalue weighted by molar-refractivity contribution is 7.89. The first-order valence-corrected chi connectivity index (χ1v) is 8.80. The van der Waals surface area contributed by atoms with Crippen LogP contribution in [0.15, 0.2) is 29.2 Å². The Kier molecular flexibility index (Phi) is 4.26. The molecule has 0 bridgehead atoms. The first-order chi connectivity index (χ1) is 9.20. The fourth-order valence-corrected chi connectivity index (χ4v) is 4.13. The summed E-state index contributed by atoms with van der Waals surface area (Å²) in [4.78, 5) is 0.367. The number of hydrogen-bond donors (Lipinski definition) is 1. The summed E-state index contributed by atoms with van der Waals surface area (Å²) >= 11 is 0. The van der Waals surface area contributed by atoms with Crippen molar-refractivity contribution in [3.63, 3.8) is 0 Å². The smallest absolute Gasteiger partial charge is 0.208 e. The number of rotatable bonds is 4. The van der Waals surface area contributed by atoms with Gasteiger partial charge >= 0.3 is 0 Å². The molecule has 1 fully saturated rings. The summed E-state index contributed by atoms with van der Waals surface area (Å²) in [6.07, 6.45) is 2.92. The van der Waals surface area contributed by atoms with Gasteiger partial charge in [-0.2, -0.15) is 0 Å². The fraction of sp³-hybridized carbons (Fsp3) is 0.625. The average Bonchev–Trinajstić information content (AvgIpc) is 2.68. The minimum atomic E-state index is -3.39. The van der Waals surface area contributed by atoms with Gasteiger partial charge in [-0.15, -0.1) is 0 Å². The van der Waals surface area contributed by atoms with Crippen molar-refractivity contribution in [3.8, 4) is 0 Å². The SMILES string of the molecule is CC(C)c1ccc(S(=O)(=O)NC2CCC(C)(C)C2)cc1. The highest BCUT2D eigenvalue weighted by Crippen LogP contribution is 2.37. The van der Waals surface area contributed by atoms with Gasteiger partial charge in [0.05, 0.1) is 4.90 Å². The molecular formula is C16H25NO2S. The Morgan fingerprint density at radius 1 is 1.20 bits per heavy atom. The second-order valence-electron chi connectivity index (χ2n) is 6.95. The van der Waals surface area contributed by atoms with Crippen molar-refractivity contribution in [2.24, 2.45) is 5.41 Å². The lowest BCUT2D eigenvalue weighted by molar-refractivity contribution is 0.372. The van der Waals surface area contributed by atoms with Crippen molar-refractivity contribution < 1.29 is 8.42 Å². The van der Waals surface area contributed by atoms with Gasteiger partial charge in [0.1, 0.15) is 0 Å². The van der Waals surface area contributed by atoms with Crippen LogP contribution in [0.2, 0.25) is 0 Å². The molecule has 0 amide bonds. The highest BCUT2D eigenvalue weighted by atomic mass is 32.2. The largest absolute Gasteiger partial charge is 0.240 e. The van der Waals surface area contributed by atoms with Crippen LogP contribution in [-0.2, 0) is 10.0 Å². The van der Waals surface area contributed by atoms with Gasteiger partial charge in [-0.05, 0) is 48.3 Å². The minimum absolute atomic E-state index is 0.0692. The summed E-state index contributed by atoms with van der Waals surface area (Å²) in [5.41, 5.74) is 1.40. The Labute approximate surface area is 122 Å². The van der Waals surface area contributed by atoms with E-state index >= 15 is 0 Å². The molecule has 1 aromatic carbocycles. The highest BCUT2D eigenvalue weighted by Gasteiger charge is 2.33. The van der Waals surface area contributed by atoms with Gasteiger partial charge in [0.15, 0.2) is 0 Å². The fourth-order valence-electron chi connectivity index (χ4n) is 2.86. The second-order valence-corrected chi connectivity index (χ2v) is 8.66. The maximum absolute atomic E-state index is 12.4. The molecule has 0 spiro atoms. The van der Waals surface area contributed by atoms with Crippen LogP contribution in [0, 0.1) is 5.41 Å². The van der Waals surface area contributed by atoms with E-state index in [1.807, 2.05) is 12.1 Å². The lowest BCUT2D eigenvalue weighted by atomic mass is 9.92. The van der Waals surface area contributed by atoms with Gasteiger partial charge in [-0.3, -0.25) is 0 Å². The molecule has 1 aliphatic rings. The number of benzene rings is 1. The van der Waals surface area contributed by atoms with Gasteiger partial charge in [-0.25, -0.2) is 13.1 Å². The van der Waals surface area contributed by atoms with Gasteiger partial charge in [0.25, 0.3) is 0 Å². The summed E-state index contributed by atoms with van der Waals surface area (Å²) in [6, 6.07) is 7.28. The molecule has 1 saturated carbocycles. The topological polar surface area (TPSA) is 46.2 Å². The molecule has 3 nitrogen and oxygen atoms in total. The summed E-state index contributed by atoms with van der Waals surface area (Å²) in [5.74, 6) is 0.412. The lowest BCUT2D eigenvalue weighted by Crippen LogP contribution is -2.33. The Balaban J connectivity index is 2.11. The second kappa shape index (κ2) is 5.49. The van der Waals surface area contributed by atoms with Gasteiger partial charge in [-0.1, -0.05) is 39.8 Å². The molecule has 0 aliphatic heterocycles. The molecule has 0 heterocycles. The molecule has 0 saturated heterocycles. The molecular weight excluding hydrogens is 270 g/mol. The van der Waals surface area contributed by atoms with E-state index in [0.717, 1.165) is 24.8 Å². The van der Waals surface area contributed by atoms with E-state index in [4.69, 9.17) is 0 Å². The van der Waals surface area contributed by atoms with E-state index in [-0.39, 0.29) is 11.5 Å². The number of sulfonamides is 1. The molecule has 4 heteroatoms. The average molecular weight is 295 g/mol. The van der Waals surface area contributed by atoms with Crippen molar-refractivity contribution in [2.45, 2.75) is 63.8 Å². The quantitative estimate of drug-likeness (QED) is 0.921. The molecule has 20 heavy (non-hydrogen) atoms. The first-order valence-electron chi connectivity index (χ1n) is 7.32. The Morgan fingerprint density at radius 2 is 1.80 bits per heavy atom. The van der Waals surface area contributed by atoms with E-state index in [2.05, 4.69) is 32.4 Å². The molecule has 1 atom stereocenters. The molecule has 1 unspecified atom stereocenters. The van der Waals surface area contributed by atoms with Crippen LogP contribution >= 0.6 is 0 Å². The standard InChI is InChI=1S/C16H25NO2S/c1-12(2)13-5-7-15(8-6-13)20(18,19)17-14-9-10-16(3,4)11-14/h5-8,12,14,17H,9-11H2,1-4H3. The maximum atomic E-state index is 12.4. The zero-order valence-electron chi connectivity index (χ0n) is 12.8. The summed E-state index contributed by atoms with van der Waals surface area (Å²) < 4.78 is 27.6. The third-order valence-electron chi connectivity index (χ3n) is 4.15. The first kappa shape index (κ1) is 15.5. The van der Waals surface area contributed by atoms with Crippen molar-refractivity contribution in [1.29, 1.82) is 0 Å². The number of hydrogen-bond acceptors (Lipinski definition) is 2. The normalized spacial score (nSPS) is 22.4. The molecule has 0 aromatic heterocycles. The molecule has 0 radical (unpaired) electrons. The van der Waals surface area contributed by atoms with Crippen LogP contribution in [0.25, 0.3) is 0 Å². The Hall–Kier alpha value is -0.870. The van der Waals surface area contributed by atoms with Crippen molar-refractivity contribution in [3.05, 3.63) is 29.8 Å². The zero-order chi connectivity index (χ0) is 15.0. The van der Waals surface area contributed by atoms with Crippen LogP contribution in [0.5, 0.6) is 0 Å². The molecule has 1 aliphatic carbocycles. The molecule has 2 rings (SSSR count). The van der Waals surface area contributed by atoms with E-state index < -0.39 is 10.0 Å². The molecule has 1 aromatic rings. The van der Waals surface area contributed by atoms with Gasteiger partial charge < -0.3 is 0 Å². The van der Waals surface area contributed by atoms with E-state index in [1.165, 1.54) is 0 Å². The molecule has 1 N–H and O–H groups in total. The number of nitrogens with one attached hydrogen (secondary N) is 1. The third-order valence-corrected chi connectivity index (χ3v) is 5.68. The predicted octanol–water partition coefficient (Wildman–Crippen LogP) is 3.67. The van der Waals surface area contributed by atoms with E-state index in [0.29, 0.717) is 10.8 Å². The zero-order valence-corrected chi connectivity index (χ0v) is 13.6. The minimum Gasteiger partial charge on any atom is -0.208 e. The predicted molar refractivity (Wildman–Crippen MR) is 82.3 cm³/mol. The van der Waals surface area contributed by atoms with Crippen LogP contribution in [0.1, 0.15) is 58.4 Å². The third kappa shape index (κ3) is 3.61. The Morgan fingerprint density at radius 3 is 2.25 bits per heavy atom. The van der Waals surface area contributed by atoms with Crippen LogP contribution in [0.4, 0.5) is 0 Å². The van der Waals surface area contributed by atoms with Gasteiger partial charge in [0.2, 0.25) is 10.0 Å². The summed E-state index contributed by atoms with van der Waals surface area (Å²) in [5, 5.41) is 0.